The highest BCUT2D eigenvalue weighted by molar-refractivity contribution is 9.10. The molecule has 3 nitrogen and oxygen atoms in total. The number of hydrogen-bond donors (Lipinski definition) is 2. The number of nitrogens with one attached hydrogen (secondary N) is 1. The molecule has 98 valence electrons. The van der Waals surface area contributed by atoms with Gasteiger partial charge in [0.05, 0.1) is 0 Å². The van der Waals surface area contributed by atoms with Crippen LogP contribution in [0.5, 0.6) is 0 Å². The lowest BCUT2D eigenvalue weighted by molar-refractivity contribution is 0.0950. The van der Waals surface area contributed by atoms with Crippen molar-refractivity contribution in [3.8, 4) is 0 Å². The number of carbonyl (C=O) groups excluding carboxylic acids is 1. The van der Waals surface area contributed by atoms with Gasteiger partial charge in [-0.2, -0.15) is 0 Å². The summed E-state index contributed by atoms with van der Waals surface area (Å²) < 4.78 is 0.806. The first-order valence-electron chi connectivity index (χ1n) is 5.95. The molecule has 2 aromatic carbocycles. The Morgan fingerprint density at radius 1 is 1.26 bits per heavy atom. The number of anilines is 1. The fourth-order valence-corrected chi connectivity index (χ4v) is 2.28. The van der Waals surface area contributed by atoms with E-state index in [4.69, 9.17) is 5.73 Å². The predicted octanol–water partition coefficient (Wildman–Crippen LogP) is 3.27. The molecule has 0 bridgehead atoms. The van der Waals surface area contributed by atoms with Crippen LogP contribution in [0.4, 0.5) is 5.69 Å². The molecule has 0 radical (unpaired) electrons. The van der Waals surface area contributed by atoms with E-state index in [1.165, 1.54) is 0 Å². The largest absolute Gasteiger partial charge is 0.398 e. The Balaban J connectivity index is 2.13. The van der Waals surface area contributed by atoms with Crippen molar-refractivity contribution in [1.29, 1.82) is 0 Å². The van der Waals surface area contributed by atoms with Crippen LogP contribution in [0.3, 0.4) is 0 Å². The number of nitrogens with two attached hydrogens (primary N) is 1. The summed E-state index contributed by atoms with van der Waals surface area (Å²) in [6, 6.07) is 13.4. The normalized spacial score (nSPS) is 10.2. The zero-order valence-electron chi connectivity index (χ0n) is 10.6. The van der Waals surface area contributed by atoms with Crippen LogP contribution in [0.15, 0.2) is 46.9 Å². The van der Waals surface area contributed by atoms with Crippen LogP contribution in [0.25, 0.3) is 0 Å². The monoisotopic (exact) mass is 318 g/mol. The highest BCUT2D eigenvalue weighted by Crippen LogP contribution is 2.22. The molecular weight excluding hydrogens is 304 g/mol. The molecule has 2 aromatic rings. The molecule has 19 heavy (non-hydrogen) atoms. The van der Waals surface area contributed by atoms with E-state index >= 15 is 0 Å². The summed E-state index contributed by atoms with van der Waals surface area (Å²) >= 11 is 3.35. The number of carbonyl (C=O) groups is 1. The molecule has 0 spiro atoms. The summed E-state index contributed by atoms with van der Waals surface area (Å²) in [4.78, 5) is 12.2. The van der Waals surface area contributed by atoms with Gasteiger partial charge in [-0.3, -0.25) is 4.79 Å². The lowest BCUT2D eigenvalue weighted by Crippen LogP contribution is -2.24. The summed E-state index contributed by atoms with van der Waals surface area (Å²) in [5.74, 6) is -0.116. The predicted molar refractivity (Wildman–Crippen MR) is 80.9 cm³/mol. The standard InChI is InChI=1S/C15H15BrN2O/c1-10-13(7-12(16)8-14(10)17)15(19)18-9-11-5-3-2-4-6-11/h2-8H,9,17H2,1H3,(H,18,19). The second kappa shape index (κ2) is 5.89. The van der Waals surface area contributed by atoms with Gasteiger partial charge in [0.1, 0.15) is 0 Å². The number of amides is 1. The average molecular weight is 319 g/mol. The first-order chi connectivity index (χ1) is 9.08. The molecular formula is C15H15BrN2O. The average Bonchev–Trinajstić information content (AvgIpc) is 2.41. The van der Waals surface area contributed by atoms with Crippen LogP contribution in [0, 0.1) is 6.92 Å². The SMILES string of the molecule is Cc1c(N)cc(Br)cc1C(=O)NCc1ccccc1. The van der Waals surface area contributed by atoms with Gasteiger partial charge in [-0.25, -0.2) is 0 Å². The van der Waals surface area contributed by atoms with Crippen molar-refractivity contribution < 1.29 is 4.79 Å². The van der Waals surface area contributed by atoms with Gasteiger partial charge in [-0.1, -0.05) is 46.3 Å². The Bertz CT molecular complexity index is 597. The van der Waals surface area contributed by atoms with E-state index in [2.05, 4.69) is 21.2 Å². The topological polar surface area (TPSA) is 55.1 Å². The van der Waals surface area contributed by atoms with Gasteiger partial charge in [-0.15, -0.1) is 0 Å². The van der Waals surface area contributed by atoms with Crippen molar-refractivity contribution in [3.05, 3.63) is 63.6 Å². The third-order valence-corrected chi connectivity index (χ3v) is 3.41. The minimum Gasteiger partial charge on any atom is -0.398 e. The Labute approximate surface area is 121 Å². The van der Waals surface area contributed by atoms with Gasteiger partial charge in [0.15, 0.2) is 0 Å². The fourth-order valence-electron chi connectivity index (χ4n) is 1.81. The molecule has 0 aliphatic heterocycles. The van der Waals surface area contributed by atoms with Crippen molar-refractivity contribution in [3.63, 3.8) is 0 Å². The fraction of sp³-hybridized carbons (Fsp3) is 0.133. The summed E-state index contributed by atoms with van der Waals surface area (Å²) in [5.41, 5.74) is 8.93. The van der Waals surface area contributed by atoms with Crippen molar-refractivity contribution >= 4 is 27.5 Å². The van der Waals surface area contributed by atoms with Crippen LogP contribution in [-0.4, -0.2) is 5.91 Å². The molecule has 1 amide bonds. The Hall–Kier alpha value is -1.81. The zero-order chi connectivity index (χ0) is 13.8. The molecule has 2 rings (SSSR count). The van der Waals surface area contributed by atoms with E-state index < -0.39 is 0 Å². The summed E-state index contributed by atoms with van der Waals surface area (Å²) in [5, 5.41) is 2.90. The zero-order valence-corrected chi connectivity index (χ0v) is 12.2. The van der Waals surface area contributed by atoms with Crippen molar-refractivity contribution in [2.75, 3.05) is 5.73 Å². The second-order valence-electron chi connectivity index (χ2n) is 4.34. The van der Waals surface area contributed by atoms with Crippen LogP contribution in [-0.2, 0) is 6.54 Å². The van der Waals surface area contributed by atoms with E-state index in [0.29, 0.717) is 17.8 Å². The molecule has 0 aliphatic rings. The summed E-state index contributed by atoms with van der Waals surface area (Å²) in [6.07, 6.45) is 0. The molecule has 0 heterocycles. The lowest BCUT2D eigenvalue weighted by atomic mass is 10.1. The van der Waals surface area contributed by atoms with E-state index in [-0.39, 0.29) is 5.91 Å². The third kappa shape index (κ3) is 3.35. The van der Waals surface area contributed by atoms with Gasteiger partial charge in [0.25, 0.3) is 5.91 Å². The molecule has 0 fully saturated rings. The summed E-state index contributed by atoms with van der Waals surface area (Å²) in [6.45, 7) is 2.35. The maximum Gasteiger partial charge on any atom is 0.251 e. The minimum absolute atomic E-state index is 0.116. The van der Waals surface area contributed by atoms with Gasteiger partial charge in [-0.05, 0) is 30.2 Å². The molecule has 0 saturated carbocycles. The first kappa shape index (κ1) is 13.6. The second-order valence-corrected chi connectivity index (χ2v) is 5.25. The van der Waals surface area contributed by atoms with Crippen LogP contribution in [0.2, 0.25) is 0 Å². The lowest BCUT2D eigenvalue weighted by Gasteiger charge is -2.10. The van der Waals surface area contributed by atoms with E-state index in [9.17, 15) is 4.79 Å². The Morgan fingerprint density at radius 3 is 2.63 bits per heavy atom. The highest BCUT2D eigenvalue weighted by atomic mass is 79.9. The number of halogens is 1. The van der Waals surface area contributed by atoms with Gasteiger partial charge >= 0.3 is 0 Å². The number of nitrogen functional groups attached to an aromatic ring is 1. The smallest absolute Gasteiger partial charge is 0.251 e. The van der Waals surface area contributed by atoms with Gasteiger partial charge in [0, 0.05) is 22.3 Å². The van der Waals surface area contributed by atoms with Crippen LogP contribution in [0.1, 0.15) is 21.5 Å². The first-order valence-corrected chi connectivity index (χ1v) is 6.75. The molecule has 0 atom stereocenters. The number of benzene rings is 2. The molecule has 4 heteroatoms. The minimum atomic E-state index is -0.116. The molecule has 0 aromatic heterocycles. The van der Waals surface area contributed by atoms with Crippen molar-refractivity contribution in [2.24, 2.45) is 0 Å². The Kier molecular flexibility index (Phi) is 4.22. The van der Waals surface area contributed by atoms with E-state index in [1.54, 1.807) is 12.1 Å². The molecule has 0 saturated heterocycles. The quantitative estimate of drug-likeness (QED) is 0.853. The van der Waals surface area contributed by atoms with Crippen LogP contribution < -0.4 is 11.1 Å². The maximum absolute atomic E-state index is 12.2. The Morgan fingerprint density at radius 2 is 1.95 bits per heavy atom. The van der Waals surface area contributed by atoms with Gasteiger partial charge < -0.3 is 11.1 Å². The molecule has 0 aliphatic carbocycles. The number of rotatable bonds is 3. The molecule has 0 unspecified atom stereocenters. The highest BCUT2D eigenvalue weighted by Gasteiger charge is 2.11. The van der Waals surface area contributed by atoms with E-state index in [0.717, 1.165) is 15.6 Å². The molecule has 3 N–H and O–H groups in total. The van der Waals surface area contributed by atoms with Crippen molar-refractivity contribution in [2.45, 2.75) is 13.5 Å². The van der Waals surface area contributed by atoms with E-state index in [1.807, 2.05) is 37.3 Å². The van der Waals surface area contributed by atoms with Crippen molar-refractivity contribution in [1.82, 2.24) is 5.32 Å². The number of hydrogen-bond acceptors (Lipinski definition) is 2. The van der Waals surface area contributed by atoms with Crippen LogP contribution >= 0.6 is 15.9 Å². The third-order valence-electron chi connectivity index (χ3n) is 2.95. The maximum atomic E-state index is 12.2. The van der Waals surface area contributed by atoms with Gasteiger partial charge in [0.2, 0.25) is 0 Å². The summed E-state index contributed by atoms with van der Waals surface area (Å²) in [7, 11) is 0.